The van der Waals surface area contributed by atoms with Crippen molar-refractivity contribution in [3.63, 3.8) is 0 Å². The van der Waals surface area contributed by atoms with E-state index in [1.165, 1.54) is 23.4 Å². The van der Waals surface area contributed by atoms with E-state index in [0.29, 0.717) is 25.2 Å². The highest BCUT2D eigenvalue weighted by atomic mass is 32.2. The van der Waals surface area contributed by atoms with Crippen molar-refractivity contribution >= 4 is 21.8 Å². The largest absolute Gasteiger partial charge is 0.352 e. The van der Waals surface area contributed by atoms with Gasteiger partial charge in [0.2, 0.25) is 15.9 Å². The highest BCUT2D eigenvalue weighted by Crippen LogP contribution is 2.19. The highest BCUT2D eigenvalue weighted by molar-refractivity contribution is 7.89. The minimum atomic E-state index is -3.68. The zero-order valence-corrected chi connectivity index (χ0v) is 16.2. The molecule has 26 heavy (non-hydrogen) atoms. The second kappa shape index (κ2) is 9.14. The van der Waals surface area contributed by atoms with E-state index in [1.54, 1.807) is 17.0 Å². The number of unbranched alkanes of at least 4 members (excludes halogenated alkanes) is 2. The van der Waals surface area contributed by atoms with Gasteiger partial charge in [0.1, 0.15) is 0 Å². The molecule has 0 aromatic heterocycles. The molecule has 8 heteroatoms. The van der Waals surface area contributed by atoms with Crippen LogP contribution >= 0.6 is 0 Å². The van der Waals surface area contributed by atoms with Gasteiger partial charge in [-0.25, -0.2) is 8.42 Å². The van der Waals surface area contributed by atoms with Gasteiger partial charge >= 0.3 is 0 Å². The molecule has 1 heterocycles. The smallest absolute Gasteiger partial charge is 0.251 e. The molecule has 1 aliphatic rings. The van der Waals surface area contributed by atoms with Crippen LogP contribution in [0.4, 0.5) is 0 Å². The van der Waals surface area contributed by atoms with Crippen molar-refractivity contribution in [3.05, 3.63) is 29.8 Å². The van der Waals surface area contributed by atoms with Crippen molar-refractivity contribution < 1.29 is 18.0 Å². The van der Waals surface area contributed by atoms with Gasteiger partial charge < -0.3 is 10.2 Å². The van der Waals surface area contributed by atoms with Gasteiger partial charge in [0.05, 0.1) is 4.90 Å². The third-order valence-corrected chi connectivity index (χ3v) is 6.38. The first-order valence-electron chi connectivity index (χ1n) is 9.00. The lowest BCUT2D eigenvalue weighted by atomic mass is 10.2. The Morgan fingerprint density at radius 2 is 1.81 bits per heavy atom. The summed E-state index contributed by atoms with van der Waals surface area (Å²) in [5, 5.41) is 2.82. The van der Waals surface area contributed by atoms with E-state index < -0.39 is 10.0 Å². The van der Waals surface area contributed by atoms with Crippen LogP contribution in [0, 0.1) is 0 Å². The average Bonchev–Trinajstić information content (AvgIpc) is 2.65. The Bertz CT molecular complexity index is 741. The van der Waals surface area contributed by atoms with Gasteiger partial charge in [0, 0.05) is 45.2 Å². The number of carbonyl (C=O) groups is 2. The van der Waals surface area contributed by atoms with Crippen molar-refractivity contribution in [2.24, 2.45) is 0 Å². The van der Waals surface area contributed by atoms with Gasteiger partial charge in [-0.05, 0) is 24.6 Å². The van der Waals surface area contributed by atoms with E-state index >= 15 is 0 Å². The molecule has 144 valence electrons. The Kier molecular flexibility index (Phi) is 7.16. The van der Waals surface area contributed by atoms with Crippen LogP contribution in [0.3, 0.4) is 0 Å². The number of benzene rings is 1. The van der Waals surface area contributed by atoms with Gasteiger partial charge in [0.25, 0.3) is 5.91 Å². The fraction of sp³-hybridized carbons (Fsp3) is 0.556. The summed E-state index contributed by atoms with van der Waals surface area (Å²) in [5.41, 5.74) is 0.338. The maximum Gasteiger partial charge on any atom is 0.251 e. The predicted molar refractivity (Wildman–Crippen MR) is 99.3 cm³/mol. The standard InChI is InChI=1S/C18H27N3O4S/c1-3-4-5-9-19-18(23)16-7-6-8-17(14-16)26(24,25)21-12-10-20(11-13-21)15(2)22/h6-8,14H,3-5,9-13H2,1-2H3,(H,19,23). The van der Waals surface area contributed by atoms with Crippen molar-refractivity contribution in [2.75, 3.05) is 32.7 Å². The molecule has 2 amide bonds. The van der Waals surface area contributed by atoms with Gasteiger partial charge in [-0.15, -0.1) is 0 Å². The Hall–Kier alpha value is -1.93. The molecular weight excluding hydrogens is 354 g/mol. The molecule has 0 unspecified atom stereocenters. The molecule has 1 saturated heterocycles. The molecule has 1 aromatic carbocycles. The zero-order chi connectivity index (χ0) is 19.2. The third-order valence-electron chi connectivity index (χ3n) is 4.48. The Balaban J connectivity index is 2.06. The summed E-state index contributed by atoms with van der Waals surface area (Å²) in [6.07, 6.45) is 3.02. The lowest BCUT2D eigenvalue weighted by molar-refractivity contribution is -0.129. The Labute approximate surface area is 155 Å². The molecule has 0 radical (unpaired) electrons. The van der Waals surface area contributed by atoms with E-state index in [4.69, 9.17) is 0 Å². The fourth-order valence-corrected chi connectivity index (χ4v) is 4.34. The van der Waals surface area contributed by atoms with Crippen molar-refractivity contribution in [1.82, 2.24) is 14.5 Å². The van der Waals surface area contributed by atoms with Crippen LogP contribution in [0.15, 0.2) is 29.2 Å². The first-order valence-corrected chi connectivity index (χ1v) is 10.4. The summed E-state index contributed by atoms with van der Waals surface area (Å²) >= 11 is 0. The number of sulfonamides is 1. The van der Waals surface area contributed by atoms with Crippen molar-refractivity contribution in [1.29, 1.82) is 0 Å². The van der Waals surface area contributed by atoms with E-state index in [0.717, 1.165) is 19.3 Å². The number of rotatable bonds is 7. The molecular formula is C18H27N3O4S. The summed E-state index contributed by atoms with van der Waals surface area (Å²) in [6.45, 7) is 5.43. The first-order chi connectivity index (χ1) is 12.4. The van der Waals surface area contributed by atoms with Gasteiger partial charge in [-0.2, -0.15) is 4.31 Å². The van der Waals surface area contributed by atoms with Gasteiger partial charge in [0.15, 0.2) is 0 Å². The lowest BCUT2D eigenvalue weighted by Gasteiger charge is -2.33. The summed E-state index contributed by atoms with van der Waals surface area (Å²) in [5.74, 6) is -0.316. The minimum Gasteiger partial charge on any atom is -0.352 e. The normalized spacial score (nSPS) is 15.7. The molecule has 1 aliphatic heterocycles. The number of carbonyl (C=O) groups excluding carboxylic acids is 2. The quantitative estimate of drug-likeness (QED) is 0.725. The molecule has 0 atom stereocenters. The maximum absolute atomic E-state index is 12.8. The molecule has 7 nitrogen and oxygen atoms in total. The minimum absolute atomic E-state index is 0.0520. The third kappa shape index (κ3) is 5.04. The number of nitrogens with zero attached hydrogens (tertiary/aromatic N) is 2. The summed E-state index contributed by atoms with van der Waals surface area (Å²) in [7, 11) is -3.68. The Morgan fingerprint density at radius 3 is 2.42 bits per heavy atom. The van der Waals surface area contributed by atoms with E-state index in [9.17, 15) is 18.0 Å². The van der Waals surface area contributed by atoms with Gasteiger partial charge in [-0.1, -0.05) is 25.8 Å². The topological polar surface area (TPSA) is 86.8 Å². The number of hydrogen-bond donors (Lipinski definition) is 1. The molecule has 0 spiro atoms. The molecule has 0 bridgehead atoms. The number of nitrogens with one attached hydrogen (secondary N) is 1. The van der Waals surface area contributed by atoms with E-state index in [-0.39, 0.29) is 29.8 Å². The summed E-state index contributed by atoms with van der Waals surface area (Å²) < 4.78 is 27.0. The Morgan fingerprint density at radius 1 is 1.12 bits per heavy atom. The molecule has 1 fully saturated rings. The molecule has 1 aromatic rings. The monoisotopic (exact) mass is 381 g/mol. The lowest BCUT2D eigenvalue weighted by Crippen LogP contribution is -2.49. The second-order valence-electron chi connectivity index (χ2n) is 6.40. The highest BCUT2D eigenvalue weighted by Gasteiger charge is 2.29. The van der Waals surface area contributed by atoms with Crippen LogP contribution in [0.25, 0.3) is 0 Å². The van der Waals surface area contributed by atoms with E-state index in [1.807, 2.05) is 0 Å². The number of piperazine rings is 1. The van der Waals surface area contributed by atoms with Crippen LogP contribution in [0.2, 0.25) is 0 Å². The van der Waals surface area contributed by atoms with Crippen LogP contribution in [0.1, 0.15) is 43.5 Å². The van der Waals surface area contributed by atoms with Gasteiger partial charge in [-0.3, -0.25) is 9.59 Å². The average molecular weight is 381 g/mol. The number of hydrogen-bond acceptors (Lipinski definition) is 4. The molecule has 1 N–H and O–H groups in total. The first kappa shape index (κ1) is 20.4. The van der Waals surface area contributed by atoms with Crippen LogP contribution in [-0.4, -0.2) is 62.2 Å². The summed E-state index contributed by atoms with van der Waals surface area (Å²) in [6, 6.07) is 6.11. The molecule has 0 saturated carbocycles. The maximum atomic E-state index is 12.8. The van der Waals surface area contributed by atoms with Crippen LogP contribution < -0.4 is 5.32 Å². The zero-order valence-electron chi connectivity index (χ0n) is 15.4. The van der Waals surface area contributed by atoms with Crippen LogP contribution in [-0.2, 0) is 14.8 Å². The molecule has 2 rings (SSSR count). The van der Waals surface area contributed by atoms with Crippen LogP contribution in [0.5, 0.6) is 0 Å². The van der Waals surface area contributed by atoms with Crippen molar-refractivity contribution in [3.8, 4) is 0 Å². The van der Waals surface area contributed by atoms with E-state index in [2.05, 4.69) is 12.2 Å². The van der Waals surface area contributed by atoms with Crippen molar-refractivity contribution in [2.45, 2.75) is 38.0 Å². The number of amides is 2. The SMILES string of the molecule is CCCCCNC(=O)c1cccc(S(=O)(=O)N2CCN(C(C)=O)CC2)c1. The fourth-order valence-electron chi connectivity index (χ4n) is 2.87. The predicted octanol–water partition coefficient (Wildman–Crippen LogP) is 1.46. The summed E-state index contributed by atoms with van der Waals surface area (Å²) in [4.78, 5) is 25.3. The molecule has 0 aliphatic carbocycles. The second-order valence-corrected chi connectivity index (χ2v) is 8.34.